The first-order chi connectivity index (χ1) is 16.4. The van der Waals surface area contributed by atoms with Crippen LogP contribution < -0.4 is 0 Å². The van der Waals surface area contributed by atoms with Gasteiger partial charge in [-0.05, 0) is 49.3 Å². The molecule has 0 N–H and O–H groups in total. The number of nitrogens with zero attached hydrogens (tertiary/aromatic N) is 7. The summed E-state index contributed by atoms with van der Waals surface area (Å²) in [4.78, 5) is 4.14. The van der Waals surface area contributed by atoms with Crippen molar-refractivity contribution in [2.75, 3.05) is 0 Å². The van der Waals surface area contributed by atoms with Crippen molar-refractivity contribution >= 4 is 0 Å². The van der Waals surface area contributed by atoms with Crippen LogP contribution in [0.15, 0.2) is 53.8 Å². The third-order valence-corrected chi connectivity index (χ3v) is 5.00. The van der Waals surface area contributed by atoms with Crippen LogP contribution in [0.2, 0.25) is 0 Å². The van der Waals surface area contributed by atoms with E-state index in [-0.39, 0.29) is 0 Å². The van der Waals surface area contributed by atoms with E-state index in [0.717, 1.165) is 17.3 Å². The molecule has 4 aromatic rings. The van der Waals surface area contributed by atoms with E-state index < -0.39 is 0 Å². The van der Waals surface area contributed by atoms with Crippen LogP contribution in [-0.4, -0.2) is 34.3 Å². The Kier molecular flexibility index (Phi) is 12.8. The summed E-state index contributed by atoms with van der Waals surface area (Å²) in [7, 11) is 3.87. The van der Waals surface area contributed by atoms with Crippen LogP contribution in [0.25, 0.3) is 0 Å². The molecule has 0 fully saturated rings. The van der Waals surface area contributed by atoms with Gasteiger partial charge in [-0.1, -0.05) is 41.5 Å². The summed E-state index contributed by atoms with van der Waals surface area (Å²) >= 11 is 0. The minimum absolute atomic E-state index is 0.474. The van der Waals surface area contributed by atoms with E-state index in [2.05, 4.69) is 75.7 Å². The maximum absolute atomic E-state index is 5.01. The van der Waals surface area contributed by atoms with Crippen LogP contribution >= 0.6 is 0 Å². The molecule has 0 aromatic carbocycles. The van der Waals surface area contributed by atoms with E-state index in [0.29, 0.717) is 23.8 Å². The van der Waals surface area contributed by atoms with Gasteiger partial charge in [0.2, 0.25) is 0 Å². The Bertz CT molecular complexity index is 948. The summed E-state index contributed by atoms with van der Waals surface area (Å²) in [6.07, 6.45) is 11.4. The van der Waals surface area contributed by atoms with Crippen molar-refractivity contribution in [2.45, 2.75) is 86.1 Å². The zero-order valence-electron chi connectivity index (χ0n) is 23.5. The summed E-state index contributed by atoms with van der Waals surface area (Å²) in [6.45, 7) is 18.9. The standard InChI is InChI=1S/2C7H12N2.C7H11NO.C6H10N2/c1-6(2)7-4-8-9(3)5-7;1-6(2)7-4-5-9(3)8-7;1-5(2)7-4-9-6(3)8-7;1-6(2)8-5-3-4-7-8/h2*4-6H,1-3H3;4-5H,1-3H3;3-6H,1-2H3. The fourth-order valence-corrected chi connectivity index (χ4v) is 2.71. The fourth-order valence-electron chi connectivity index (χ4n) is 2.71. The maximum atomic E-state index is 5.01. The third-order valence-electron chi connectivity index (χ3n) is 5.00. The Hall–Kier alpha value is -3.16. The van der Waals surface area contributed by atoms with E-state index in [1.807, 2.05) is 72.0 Å². The second-order valence-electron chi connectivity index (χ2n) is 9.70. The van der Waals surface area contributed by atoms with Crippen LogP contribution in [0.3, 0.4) is 0 Å². The summed E-state index contributed by atoms with van der Waals surface area (Å²) in [5.74, 6) is 2.37. The van der Waals surface area contributed by atoms with Gasteiger partial charge in [0, 0.05) is 51.8 Å². The highest BCUT2D eigenvalue weighted by atomic mass is 16.3. The number of aromatic nitrogens is 7. The first-order valence-electron chi connectivity index (χ1n) is 12.3. The summed E-state index contributed by atoms with van der Waals surface area (Å²) in [5.41, 5.74) is 3.50. The van der Waals surface area contributed by atoms with Crippen LogP contribution in [0, 0.1) is 6.92 Å². The number of oxazole rings is 1. The minimum Gasteiger partial charge on any atom is -0.449 e. The van der Waals surface area contributed by atoms with Gasteiger partial charge in [-0.2, -0.15) is 15.3 Å². The zero-order valence-corrected chi connectivity index (χ0v) is 23.5. The Labute approximate surface area is 211 Å². The molecule has 4 aromatic heterocycles. The molecule has 0 unspecified atom stereocenters. The Morgan fingerprint density at radius 3 is 1.69 bits per heavy atom. The SMILES string of the molecule is CC(C)c1ccn(C)n1.CC(C)c1cnn(C)c1.CC(C)n1cccn1.Cc1nc(C(C)C)co1. The molecule has 4 rings (SSSR count). The maximum Gasteiger partial charge on any atom is 0.191 e. The molecule has 0 amide bonds. The summed E-state index contributed by atoms with van der Waals surface area (Å²) in [6, 6.07) is 4.47. The molecule has 0 saturated carbocycles. The molecule has 0 radical (unpaired) electrons. The van der Waals surface area contributed by atoms with Gasteiger partial charge in [-0.15, -0.1) is 0 Å². The molecular formula is C27H45N7O. The lowest BCUT2D eigenvalue weighted by Gasteiger charge is -2.01. The molecule has 8 heteroatoms. The second kappa shape index (κ2) is 15.0. The van der Waals surface area contributed by atoms with Gasteiger partial charge < -0.3 is 4.42 Å². The van der Waals surface area contributed by atoms with Gasteiger partial charge in [-0.3, -0.25) is 14.0 Å². The molecule has 0 aliphatic carbocycles. The molecule has 0 aliphatic heterocycles. The number of aryl methyl sites for hydroxylation is 3. The molecule has 0 aliphatic rings. The lowest BCUT2D eigenvalue weighted by Crippen LogP contribution is -1.99. The fraction of sp³-hybridized carbons (Fsp3) is 0.556. The highest BCUT2D eigenvalue weighted by Gasteiger charge is 2.02. The van der Waals surface area contributed by atoms with Gasteiger partial charge in [0.15, 0.2) is 5.89 Å². The highest BCUT2D eigenvalue weighted by molar-refractivity contribution is 5.08. The third kappa shape index (κ3) is 11.7. The quantitative estimate of drug-likeness (QED) is 0.324. The second-order valence-corrected chi connectivity index (χ2v) is 9.70. The van der Waals surface area contributed by atoms with Gasteiger partial charge >= 0.3 is 0 Å². The number of rotatable bonds is 4. The molecule has 0 bridgehead atoms. The smallest absolute Gasteiger partial charge is 0.191 e. The van der Waals surface area contributed by atoms with Crippen molar-refractivity contribution in [1.82, 2.24) is 34.3 Å². The zero-order chi connectivity index (χ0) is 26.5. The van der Waals surface area contributed by atoms with Crippen molar-refractivity contribution in [1.29, 1.82) is 0 Å². The first kappa shape index (κ1) is 29.9. The van der Waals surface area contributed by atoms with Gasteiger partial charge in [0.1, 0.15) is 6.26 Å². The molecule has 8 nitrogen and oxygen atoms in total. The highest BCUT2D eigenvalue weighted by Crippen LogP contribution is 2.12. The molecule has 194 valence electrons. The van der Waals surface area contributed by atoms with Gasteiger partial charge in [0.05, 0.1) is 17.6 Å². The Morgan fingerprint density at radius 2 is 1.46 bits per heavy atom. The van der Waals surface area contributed by atoms with Crippen molar-refractivity contribution in [3.63, 3.8) is 0 Å². The number of hydrogen-bond donors (Lipinski definition) is 0. The van der Waals surface area contributed by atoms with E-state index in [1.54, 1.807) is 12.5 Å². The Morgan fingerprint density at radius 1 is 0.800 bits per heavy atom. The van der Waals surface area contributed by atoms with E-state index in [1.165, 1.54) is 5.56 Å². The van der Waals surface area contributed by atoms with Crippen molar-refractivity contribution in [3.05, 3.63) is 72.2 Å². The lowest BCUT2D eigenvalue weighted by atomic mass is 10.1. The molecule has 4 heterocycles. The Balaban J connectivity index is 0.000000234. The monoisotopic (exact) mass is 483 g/mol. The van der Waals surface area contributed by atoms with Crippen LogP contribution in [0.4, 0.5) is 0 Å². The minimum atomic E-state index is 0.474. The number of hydrogen-bond acceptors (Lipinski definition) is 5. The van der Waals surface area contributed by atoms with Crippen molar-refractivity contribution in [3.8, 4) is 0 Å². The predicted molar refractivity (Wildman–Crippen MR) is 143 cm³/mol. The summed E-state index contributed by atoms with van der Waals surface area (Å²) < 4.78 is 10.6. The molecule has 0 saturated heterocycles. The topological polar surface area (TPSA) is 79.5 Å². The van der Waals surface area contributed by atoms with Crippen LogP contribution in [0.1, 0.15) is 102 Å². The molecular weight excluding hydrogens is 438 g/mol. The van der Waals surface area contributed by atoms with E-state index in [4.69, 9.17) is 4.42 Å². The summed E-state index contributed by atoms with van der Waals surface area (Å²) in [5, 5.41) is 12.3. The molecule has 0 spiro atoms. The normalized spacial score (nSPS) is 10.6. The molecule has 35 heavy (non-hydrogen) atoms. The lowest BCUT2D eigenvalue weighted by molar-refractivity contribution is 0.520. The van der Waals surface area contributed by atoms with Gasteiger partial charge in [-0.25, -0.2) is 4.98 Å². The average Bonchev–Trinajstić information content (AvgIpc) is 3.57. The van der Waals surface area contributed by atoms with Gasteiger partial charge in [0.25, 0.3) is 0 Å². The predicted octanol–water partition coefficient (Wildman–Crippen LogP) is 6.66. The van der Waals surface area contributed by atoms with E-state index >= 15 is 0 Å². The first-order valence-corrected chi connectivity index (χ1v) is 12.3. The van der Waals surface area contributed by atoms with Crippen molar-refractivity contribution in [2.24, 2.45) is 14.1 Å². The van der Waals surface area contributed by atoms with Crippen LogP contribution in [-0.2, 0) is 14.1 Å². The molecule has 0 atom stereocenters. The average molecular weight is 484 g/mol. The van der Waals surface area contributed by atoms with Crippen LogP contribution in [0.5, 0.6) is 0 Å². The largest absolute Gasteiger partial charge is 0.449 e. The van der Waals surface area contributed by atoms with Crippen molar-refractivity contribution < 1.29 is 4.42 Å². The van der Waals surface area contributed by atoms with E-state index in [9.17, 15) is 0 Å².